The molecule has 4 rings (SSSR count). The number of fused-ring (bicyclic) bond motifs is 1. The summed E-state index contributed by atoms with van der Waals surface area (Å²) in [6.45, 7) is 2.76. The van der Waals surface area contributed by atoms with Crippen molar-refractivity contribution in [2.45, 2.75) is 57.0 Å². The maximum absolute atomic E-state index is 13.5. The van der Waals surface area contributed by atoms with E-state index in [4.69, 9.17) is 4.74 Å². The quantitative estimate of drug-likeness (QED) is 0.813. The van der Waals surface area contributed by atoms with E-state index >= 15 is 0 Å². The number of anilines is 1. The van der Waals surface area contributed by atoms with Crippen LogP contribution in [0.4, 0.5) is 19.0 Å². The van der Waals surface area contributed by atoms with Gasteiger partial charge in [0.05, 0.1) is 12.4 Å². The molecule has 30 heavy (non-hydrogen) atoms. The van der Waals surface area contributed by atoms with Crippen LogP contribution >= 0.6 is 0 Å². The van der Waals surface area contributed by atoms with Gasteiger partial charge in [0.1, 0.15) is 23.2 Å². The summed E-state index contributed by atoms with van der Waals surface area (Å²) in [4.78, 5) is 18.7. The van der Waals surface area contributed by atoms with Gasteiger partial charge in [-0.15, -0.1) is 0 Å². The fourth-order valence-corrected chi connectivity index (χ4v) is 4.02. The minimum Gasteiger partial charge on any atom is -0.489 e. The van der Waals surface area contributed by atoms with Gasteiger partial charge in [0.15, 0.2) is 6.04 Å². The minimum atomic E-state index is -4.42. The van der Waals surface area contributed by atoms with Crippen molar-refractivity contribution in [1.29, 1.82) is 0 Å². The molecule has 0 radical (unpaired) electrons. The predicted molar refractivity (Wildman–Crippen MR) is 103 cm³/mol. The number of halogens is 3. The second kappa shape index (κ2) is 8.16. The molecule has 162 valence electrons. The molecule has 0 unspecified atom stereocenters. The number of aromatic nitrogens is 3. The number of rotatable bonds is 4. The van der Waals surface area contributed by atoms with Crippen LogP contribution in [0.1, 0.15) is 49.0 Å². The number of likely N-dealkylation sites (tertiary alicyclic amines) is 1. The molecule has 0 spiro atoms. The van der Waals surface area contributed by atoms with Crippen LogP contribution in [0.2, 0.25) is 0 Å². The Morgan fingerprint density at radius 3 is 2.70 bits per heavy atom. The van der Waals surface area contributed by atoms with Crippen molar-refractivity contribution < 1.29 is 22.7 Å². The third kappa shape index (κ3) is 4.08. The first-order chi connectivity index (χ1) is 14.4. The Hall–Kier alpha value is -2.78. The van der Waals surface area contributed by atoms with E-state index in [0.29, 0.717) is 38.1 Å². The van der Waals surface area contributed by atoms with Crippen molar-refractivity contribution in [1.82, 2.24) is 19.7 Å². The van der Waals surface area contributed by atoms with Gasteiger partial charge in [-0.25, -0.2) is 4.68 Å². The molecule has 0 bridgehead atoms. The first-order valence-corrected chi connectivity index (χ1v) is 10.1. The predicted octanol–water partition coefficient (Wildman–Crippen LogP) is 3.66. The van der Waals surface area contributed by atoms with E-state index in [1.54, 1.807) is 23.4 Å². The Morgan fingerprint density at radius 1 is 1.30 bits per heavy atom. The third-order valence-electron chi connectivity index (χ3n) is 5.71. The number of hydrogen-bond donors (Lipinski definition) is 1. The van der Waals surface area contributed by atoms with Crippen LogP contribution in [-0.2, 0) is 0 Å². The maximum atomic E-state index is 13.5. The molecule has 2 aliphatic heterocycles. The van der Waals surface area contributed by atoms with Gasteiger partial charge in [-0.05, 0) is 25.0 Å². The molecule has 10 heteroatoms. The van der Waals surface area contributed by atoms with Crippen molar-refractivity contribution in [3.8, 4) is 5.75 Å². The van der Waals surface area contributed by atoms with Crippen LogP contribution in [0.25, 0.3) is 0 Å². The molecular formula is C20H24F3N5O2. The highest BCUT2D eigenvalue weighted by atomic mass is 19.4. The number of carbonyl (C=O) groups excluding carboxylic acids is 1. The molecule has 2 aromatic heterocycles. The zero-order valence-corrected chi connectivity index (χ0v) is 16.6. The molecule has 0 aromatic carbocycles. The van der Waals surface area contributed by atoms with Crippen molar-refractivity contribution in [2.24, 2.45) is 0 Å². The Morgan fingerprint density at radius 2 is 2.07 bits per heavy atom. The van der Waals surface area contributed by atoms with Crippen LogP contribution in [-0.4, -0.2) is 57.0 Å². The van der Waals surface area contributed by atoms with Gasteiger partial charge in [0, 0.05) is 38.2 Å². The Labute approximate surface area is 172 Å². The summed E-state index contributed by atoms with van der Waals surface area (Å²) in [6.07, 6.45) is 1.82. The number of ether oxygens (including phenoxy) is 1. The topological polar surface area (TPSA) is 72.3 Å². The van der Waals surface area contributed by atoms with Gasteiger partial charge in [0.2, 0.25) is 0 Å². The number of amides is 1. The number of piperidine rings is 1. The average Bonchev–Trinajstić information content (AvgIpc) is 3.17. The van der Waals surface area contributed by atoms with Gasteiger partial charge in [-0.3, -0.25) is 9.78 Å². The molecule has 0 aliphatic carbocycles. The standard InChI is InChI=1S/C20H24F3N5O2/c1-2-13-10-17(20(21,22)23)28-18(26-13)16(12-25-28)19(29)27-8-5-14(6-9-27)30-15-4-3-7-24-11-15/h3-4,7,11-14,17,26H,2,5-6,8-10H2,1H3/t13-,17-/m0/s1. The Kier molecular flexibility index (Phi) is 5.57. The fourth-order valence-electron chi connectivity index (χ4n) is 4.02. The summed E-state index contributed by atoms with van der Waals surface area (Å²) in [7, 11) is 0. The lowest BCUT2D eigenvalue weighted by molar-refractivity contribution is -0.173. The number of carbonyl (C=O) groups is 1. The summed E-state index contributed by atoms with van der Waals surface area (Å²) in [5.41, 5.74) is 0.189. The van der Waals surface area contributed by atoms with Crippen LogP contribution in [0.3, 0.4) is 0 Å². The monoisotopic (exact) mass is 423 g/mol. The van der Waals surface area contributed by atoms with Crippen molar-refractivity contribution in [2.75, 3.05) is 18.4 Å². The molecule has 1 fully saturated rings. The first-order valence-electron chi connectivity index (χ1n) is 10.1. The van der Waals surface area contributed by atoms with Crippen molar-refractivity contribution in [3.05, 3.63) is 36.3 Å². The highest BCUT2D eigenvalue weighted by Gasteiger charge is 2.47. The molecule has 1 amide bonds. The maximum Gasteiger partial charge on any atom is 0.410 e. The molecule has 4 heterocycles. The lowest BCUT2D eigenvalue weighted by Gasteiger charge is -2.34. The largest absolute Gasteiger partial charge is 0.489 e. The molecule has 2 atom stereocenters. The first kappa shape index (κ1) is 20.5. The number of nitrogens with one attached hydrogen (secondary N) is 1. The average molecular weight is 423 g/mol. The lowest BCUT2D eigenvalue weighted by atomic mass is 10.0. The normalized spacial score (nSPS) is 22.3. The number of alkyl halides is 3. The molecule has 0 saturated carbocycles. The highest BCUT2D eigenvalue weighted by molar-refractivity contribution is 5.99. The van der Waals surface area contributed by atoms with E-state index in [9.17, 15) is 18.0 Å². The van der Waals surface area contributed by atoms with E-state index < -0.39 is 12.2 Å². The van der Waals surface area contributed by atoms with Gasteiger partial charge >= 0.3 is 6.18 Å². The number of hydrogen-bond acceptors (Lipinski definition) is 5. The van der Waals surface area contributed by atoms with E-state index in [0.717, 1.165) is 4.68 Å². The fraction of sp³-hybridized carbons (Fsp3) is 0.550. The lowest BCUT2D eigenvalue weighted by Crippen LogP contribution is -2.43. The van der Waals surface area contributed by atoms with E-state index in [1.165, 1.54) is 6.20 Å². The Balaban J connectivity index is 1.46. The van der Waals surface area contributed by atoms with E-state index in [2.05, 4.69) is 15.4 Å². The van der Waals surface area contributed by atoms with E-state index in [-0.39, 0.29) is 35.9 Å². The van der Waals surface area contributed by atoms with Crippen molar-refractivity contribution in [3.63, 3.8) is 0 Å². The summed E-state index contributed by atoms with van der Waals surface area (Å²) in [5, 5.41) is 7.00. The molecule has 2 aromatic rings. The van der Waals surface area contributed by atoms with Gasteiger partial charge in [-0.2, -0.15) is 18.3 Å². The molecule has 7 nitrogen and oxygen atoms in total. The summed E-state index contributed by atoms with van der Waals surface area (Å²) in [6, 6.07) is 1.54. The van der Waals surface area contributed by atoms with Gasteiger partial charge in [0.25, 0.3) is 5.91 Å². The van der Waals surface area contributed by atoms with Gasteiger partial charge in [-0.1, -0.05) is 6.92 Å². The van der Waals surface area contributed by atoms with Crippen LogP contribution in [0.15, 0.2) is 30.7 Å². The summed E-state index contributed by atoms with van der Waals surface area (Å²) >= 11 is 0. The van der Waals surface area contributed by atoms with Crippen LogP contribution < -0.4 is 10.1 Å². The smallest absolute Gasteiger partial charge is 0.410 e. The third-order valence-corrected chi connectivity index (χ3v) is 5.71. The highest BCUT2D eigenvalue weighted by Crippen LogP contribution is 2.41. The van der Waals surface area contributed by atoms with Crippen LogP contribution in [0, 0.1) is 0 Å². The zero-order chi connectivity index (χ0) is 21.3. The molecular weight excluding hydrogens is 399 g/mol. The SMILES string of the molecule is CC[C@H]1C[C@@H](C(F)(F)F)n2ncc(C(=O)N3CCC(Oc4cccnc4)CC3)c2N1. The Bertz CT molecular complexity index is 878. The van der Waals surface area contributed by atoms with Gasteiger partial charge < -0.3 is 15.0 Å². The molecule has 2 aliphatic rings. The molecule has 1 N–H and O–H groups in total. The van der Waals surface area contributed by atoms with E-state index in [1.807, 2.05) is 13.0 Å². The number of pyridine rings is 1. The van der Waals surface area contributed by atoms with Crippen LogP contribution in [0.5, 0.6) is 5.75 Å². The summed E-state index contributed by atoms with van der Waals surface area (Å²) < 4.78 is 47.3. The number of nitrogens with zero attached hydrogens (tertiary/aromatic N) is 4. The molecule has 1 saturated heterocycles. The summed E-state index contributed by atoms with van der Waals surface area (Å²) in [5.74, 6) is 0.538. The zero-order valence-electron chi connectivity index (χ0n) is 16.6. The second-order valence-corrected chi connectivity index (χ2v) is 7.69. The second-order valence-electron chi connectivity index (χ2n) is 7.69. The minimum absolute atomic E-state index is 0.0310. The van der Waals surface area contributed by atoms with Crippen molar-refractivity contribution >= 4 is 11.7 Å².